The third-order valence-electron chi connectivity index (χ3n) is 4.70. The minimum absolute atomic E-state index is 0.123. The zero-order valence-electron chi connectivity index (χ0n) is 13.7. The number of amides is 1. The van der Waals surface area contributed by atoms with Crippen LogP contribution in [0.25, 0.3) is 0 Å². The lowest BCUT2D eigenvalue weighted by Gasteiger charge is -2.34. The summed E-state index contributed by atoms with van der Waals surface area (Å²) in [5.41, 5.74) is 1.54. The van der Waals surface area contributed by atoms with Gasteiger partial charge in [-0.2, -0.15) is 0 Å². The lowest BCUT2D eigenvalue weighted by molar-refractivity contribution is -0.136. The average Bonchev–Trinajstić information content (AvgIpc) is 2.45. The number of hydrogen-bond acceptors (Lipinski definition) is 3. The topological polar surface area (TPSA) is 41.6 Å². The predicted octanol–water partition coefficient (Wildman–Crippen LogP) is 2.21. The average molecular weight is 294 g/mol. The summed E-state index contributed by atoms with van der Waals surface area (Å²) < 4.78 is 4.92. The van der Waals surface area contributed by atoms with Crippen molar-refractivity contribution in [3.63, 3.8) is 0 Å². The molecule has 1 saturated heterocycles. The fourth-order valence-electron chi connectivity index (χ4n) is 3.72. The number of carbonyl (C=O) groups is 1. The van der Waals surface area contributed by atoms with Gasteiger partial charge in [0.25, 0.3) is 0 Å². The molecular formula is C17H30N2O2. The summed E-state index contributed by atoms with van der Waals surface area (Å²) in [6.07, 6.45) is 7.08. The Labute approximate surface area is 128 Å². The van der Waals surface area contributed by atoms with Crippen molar-refractivity contribution in [3.05, 3.63) is 11.6 Å². The molecule has 4 heteroatoms. The van der Waals surface area contributed by atoms with Crippen LogP contribution in [0.4, 0.5) is 0 Å². The Kier molecular flexibility index (Phi) is 6.24. The Morgan fingerprint density at radius 2 is 2.14 bits per heavy atom. The highest BCUT2D eigenvalue weighted by molar-refractivity contribution is 5.77. The van der Waals surface area contributed by atoms with Gasteiger partial charge in [0.05, 0.1) is 0 Å². The Bertz CT molecular complexity index is 373. The van der Waals surface area contributed by atoms with Gasteiger partial charge < -0.3 is 15.0 Å². The van der Waals surface area contributed by atoms with Gasteiger partial charge in [-0.1, -0.05) is 18.6 Å². The number of ether oxygens (including phenoxy) is 1. The molecule has 2 rings (SSSR count). The number of allylic oxidation sites excluding steroid dienone is 2. The van der Waals surface area contributed by atoms with Crippen LogP contribution in [-0.2, 0) is 9.53 Å². The molecule has 0 radical (unpaired) electrons. The standard InChI is InChI=1S/C17H30N2O2/c1-13-8-14(2)10-15(9-13)11-18-16-4-6-19(7-5-16)17(20)12-21-3/h8,13,15-16,18H,4-7,9-12H2,1-3H3. The van der Waals surface area contributed by atoms with E-state index < -0.39 is 0 Å². The molecule has 2 unspecified atom stereocenters. The lowest BCUT2D eigenvalue weighted by Crippen LogP contribution is -2.47. The van der Waals surface area contributed by atoms with Gasteiger partial charge in [-0.3, -0.25) is 4.79 Å². The Balaban J connectivity index is 1.67. The summed E-state index contributed by atoms with van der Waals surface area (Å²) in [6.45, 7) is 7.62. The van der Waals surface area contributed by atoms with Crippen LogP contribution in [0.2, 0.25) is 0 Å². The summed E-state index contributed by atoms with van der Waals surface area (Å²) in [4.78, 5) is 13.7. The van der Waals surface area contributed by atoms with Crippen molar-refractivity contribution in [1.82, 2.24) is 10.2 Å². The molecule has 1 heterocycles. The molecule has 4 nitrogen and oxygen atoms in total. The number of likely N-dealkylation sites (tertiary alicyclic amines) is 1. The lowest BCUT2D eigenvalue weighted by atomic mass is 9.83. The van der Waals surface area contributed by atoms with Crippen LogP contribution in [0, 0.1) is 11.8 Å². The molecule has 1 N–H and O–H groups in total. The van der Waals surface area contributed by atoms with Gasteiger partial charge in [-0.05, 0) is 51.0 Å². The first kappa shape index (κ1) is 16.5. The summed E-state index contributed by atoms with van der Waals surface area (Å²) in [5.74, 6) is 1.62. The van der Waals surface area contributed by atoms with E-state index >= 15 is 0 Å². The quantitative estimate of drug-likeness (QED) is 0.790. The largest absolute Gasteiger partial charge is 0.375 e. The van der Waals surface area contributed by atoms with Crippen LogP contribution in [0.3, 0.4) is 0 Å². The van der Waals surface area contributed by atoms with Crippen molar-refractivity contribution in [2.75, 3.05) is 33.4 Å². The highest BCUT2D eigenvalue weighted by Crippen LogP contribution is 2.27. The number of methoxy groups -OCH3 is 1. The molecule has 2 atom stereocenters. The van der Waals surface area contributed by atoms with E-state index in [1.807, 2.05) is 4.90 Å². The van der Waals surface area contributed by atoms with Crippen LogP contribution in [0.15, 0.2) is 11.6 Å². The molecule has 0 aromatic rings. The highest BCUT2D eigenvalue weighted by atomic mass is 16.5. The van der Waals surface area contributed by atoms with Crippen LogP contribution in [0.1, 0.15) is 39.5 Å². The van der Waals surface area contributed by atoms with Crippen molar-refractivity contribution >= 4 is 5.91 Å². The molecule has 0 spiro atoms. The Morgan fingerprint density at radius 1 is 1.43 bits per heavy atom. The molecule has 1 aliphatic carbocycles. The maximum Gasteiger partial charge on any atom is 0.248 e. The predicted molar refractivity (Wildman–Crippen MR) is 85.1 cm³/mol. The maximum atomic E-state index is 11.8. The molecule has 1 aliphatic heterocycles. The highest BCUT2D eigenvalue weighted by Gasteiger charge is 2.24. The van der Waals surface area contributed by atoms with Gasteiger partial charge in [0.15, 0.2) is 0 Å². The summed E-state index contributed by atoms with van der Waals surface area (Å²) in [5, 5.41) is 3.73. The first-order chi connectivity index (χ1) is 10.1. The van der Waals surface area contributed by atoms with E-state index in [0.717, 1.165) is 44.3 Å². The van der Waals surface area contributed by atoms with Crippen LogP contribution in [-0.4, -0.2) is 50.2 Å². The number of carbonyl (C=O) groups excluding carboxylic acids is 1. The van der Waals surface area contributed by atoms with Gasteiger partial charge in [-0.15, -0.1) is 0 Å². The first-order valence-electron chi connectivity index (χ1n) is 8.26. The molecule has 1 fully saturated rings. The number of nitrogens with zero attached hydrogens (tertiary/aromatic N) is 1. The van der Waals surface area contributed by atoms with E-state index in [0.29, 0.717) is 6.04 Å². The minimum Gasteiger partial charge on any atom is -0.375 e. The van der Waals surface area contributed by atoms with Crippen molar-refractivity contribution in [3.8, 4) is 0 Å². The number of rotatable bonds is 5. The third-order valence-corrected chi connectivity index (χ3v) is 4.70. The van der Waals surface area contributed by atoms with Gasteiger partial charge >= 0.3 is 0 Å². The first-order valence-corrected chi connectivity index (χ1v) is 8.26. The summed E-state index contributed by atoms with van der Waals surface area (Å²) in [7, 11) is 1.58. The zero-order valence-corrected chi connectivity index (χ0v) is 13.7. The molecule has 0 aromatic carbocycles. The van der Waals surface area contributed by atoms with Gasteiger partial charge in [0.1, 0.15) is 6.61 Å². The fourth-order valence-corrected chi connectivity index (χ4v) is 3.72. The monoisotopic (exact) mass is 294 g/mol. The molecule has 0 saturated carbocycles. The second kappa shape index (κ2) is 7.95. The molecular weight excluding hydrogens is 264 g/mol. The molecule has 21 heavy (non-hydrogen) atoms. The van der Waals surface area contributed by atoms with Gasteiger partial charge in [0.2, 0.25) is 5.91 Å². The van der Waals surface area contributed by atoms with Gasteiger partial charge in [-0.25, -0.2) is 0 Å². The Hall–Kier alpha value is -0.870. The zero-order chi connectivity index (χ0) is 15.2. The van der Waals surface area contributed by atoms with Crippen molar-refractivity contribution in [1.29, 1.82) is 0 Å². The fraction of sp³-hybridized carbons (Fsp3) is 0.824. The van der Waals surface area contributed by atoms with Crippen LogP contribution in [0.5, 0.6) is 0 Å². The second-order valence-electron chi connectivity index (χ2n) is 6.79. The van der Waals surface area contributed by atoms with E-state index in [1.165, 1.54) is 12.8 Å². The van der Waals surface area contributed by atoms with E-state index in [1.54, 1.807) is 12.7 Å². The molecule has 0 bridgehead atoms. The molecule has 120 valence electrons. The van der Waals surface area contributed by atoms with Crippen molar-refractivity contribution in [2.24, 2.45) is 11.8 Å². The van der Waals surface area contributed by atoms with Crippen LogP contribution >= 0.6 is 0 Å². The minimum atomic E-state index is 0.123. The smallest absolute Gasteiger partial charge is 0.248 e. The SMILES string of the molecule is COCC(=O)N1CCC(NCC2CC(C)=CC(C)C2)CC1. The third kappa shape index (κ3) is 5.11. The van der Waals surface area contributed by atoms with E-state index in [4.69, 9.17) is 4.74 Å². The van der Waals surface area contributed by atoms with E-state index in [2.05, 4.69) is 25.2 Å². The van der Waals surface area contributed by atoms with Crippen LogP contribution < -0.4 is 5.32 Å². The number of piperidine rings is 1. The normalized spacial score (nSPS) is 27.6. The molecule has 2 aliphatic rings. The number of hydrogen-bond donors (Lipinski definition) is 1. The second-order valence-corrected chi connectivity index (χ2v) is 6.79. The van der Waals surface area contributed by atoms with E-state index in [9.17, 15) is 4.79 Å². The maximum absolute atomic E-state index is 11.8. The Morgan fingerprint density at radius 3 is 2.76 bits per heavy atom. The molecule has 1 amide bonds. The summed E-state index contributed by atoms with van der Waals surface area (Å²) >= 11 is 0. The summed E-state index contributed by atoms with van der Waals surface area (Å²) in [6, 6.07) is 0.568. The van der Waals surface area contributed by atoms with Crippen molar-refractivity contribution in [2.45, 2.75) is 45.6 Å². The molecule has 0 aromatic heterocycles. The van der Waals surface area contributed by atoms with E-state index in [-0.39, 0.29) is 12.5 Å². The number of nitrogens with one attached hydrogen (secondary N) is 1. The van der Waals surface area contributed by atoms with Crippen molar-refractivity contribution < 1.29 is 9.53 Å². The van der Waals surface area contributed by atoms with Gasteiger partial charge in [0, 0.05) is 26.2 Å².